The topological polar surface area (TPSA) is 52.8 Å². The second-order valence-corrected chi connectivity index (χ2v) is 6.55. The van der Waals surface area contributed by atoms with E-state index in [0.29, 0.717) is 5.92 Å². The summed E-state index contributed by atoms with van der Waals surface area (Å²) in [6.07, 6.45) is 7.73. The van der Waals surface area contributed by atoms with Crippen molar-refractivity contribution in [2.75, 3.05) is 14.2 Å². The zero-order valence-corrected chi connectivity index (χ0v) is 14.3. The van der Waals surface area contributed by atoms with Crippen molar-refractivity contribution >= 4 is 27.5 Å². The number of rotatable bonds is 3. The van der Waals surface area contributed by atoms with E-state index in [9.17, 15) is 4.79 Å². The Morgan fingerprint density at radius 3 is 2.64 bits per heavy atom. The highest BCUT2D eigenvalue weighted by Crippen LogP contribution is 2.36. The minimum atomic E-state index is -0.0814. The van der Waals surface area contributed by atoms with E-state index in [4.69, 9.17) is 14.5 Å². The van der Waals surface area contributed by atoms with Crippen LogP contribution in [0.5, 0.6) is 5.75 Å². The van der Waals surface area contributed by atoms with Crippen LogP contribution in [0.4, 0.5) is 0 Å². The van der Waals surface area contributed by atoms with Gasteiger partial charge in [-0.15, -0.1) is 0 Å². The van der Waals surface area contributed by atoms with Gasteiger partial charge in [-0.25, -0.2) is 4.98 Å². The second kappa shape index (κ2) is 6.28. The molecule has 3 rings (SSSR count). The zero-order chi connectivity index (χ0) is 15.7. The Hall–Kier alpha value is -1.56. The number of aromatic nitrogens is 2. The molecule has 0 amide bonds. The third kappa shape index (κ3) is 2.84. The van der Waals surface area contributed by atoms with Crippen LogP contribution in [0.25, 0.3) is 5.65 Å². The van der Waals surface area contributed by atoms with Crippen LogP contribution < -0.4 is 4.74 Å². The molecule has 0 atom stereocenters. The van der Waals surface area contributed by atoms with Crippen molar-refractivity contribution < 1.29 is 14.3 Å². The highest BCUT2D eigenvalue weighted by Gasteiger charge is 2.28. The minimum absolute atomic E-state index is 0.0486. The Kier molecular flexibility index (Phi) is 4.38. The molecule has 0 N–H and O–H groups in total. The van der Waals surface area contributed by atoms with E-state index in [0.717, 1.165) is 47.2 Å². The number of esters is 1. The molecular weight excluding hydrogens is 348 g/mol. The number of imidazole rings is 1. The first-order valence-electron chi connectivity index (χ1n) is 7.42. The first-order valence-corrected chi connectivity index (χ1v) is 8.21. The summed E-state index contributed by atoms with van der Waals surface area (Å²) >= 11 is 3.49. The molecule has 0 aromatic carbocycles. The number of nitrogens with zero attached hydrogens (tertiary/aromatic N) is 2. The van der Waals surface area contributed by atoms with Crippen molar-refractivity contribution in [1.82, 2.24) is 9.38 Å². The van der Waals surface area contributed by atoms with Gasteiger partial charge in [-0.2, -0.15) is 0 Å². The minimum Gasteiger partial charge on any atom is -0.495 e. The summed E-state index contributed by atoms with van der Waals surface area (Å²) in [5, 5.41) is 0. The molecule has 0 aliphatic heterocycles. The monoisotopic (exact) mass is 366 g/mol. The van der Waals surface area contributed by atoms with Crippen LogP contribution in [0.3, 0.4) is 0 Å². The predicted molar refractivity (Wildman–Crippen MR) is 86.2 cm³/mol. The Bertz CT molecular complexity index is 690. The third-order valence-corrected chi connectivity index (χ3v) is 5.02. The molecule has 2 aromatic heterocycles. The summed E-state index contributed by atoms with van der Waals surface area (Å²) in [6.45, 7) is 0. The van der Waals surface area contributed by atoms with Gasteiger partial charge in [0.05, 0.1) is 30.3 Å². The molecule has 0 bridgehead atoms. The number of hydrogen-bond donors (Lipinski definition) is 0. The lowest BCUT2D eigenvalue weighted by Crippen LogP contribution is -2.22. The summed E-state index contributed by atoms with van der Waals surface area (Å²) in [5.74, 6) is 1.15. The SMILES string of the molecule is COC(=O)C1CCC(c2cn3cc(Br)c(OC)cc3n2)CC1. The van der Waals surface area contributed by atoms with Gasteiger partial charge in [0.1, 0.15) is 11.4 Å². The van der Waals surface area contributed by atoms with Gasteiger partial charge in [0.25, 0.3) is 0 Å². The Morgan fingerprint density at radius 2 is 2.00 bits per heavy atom. The lowest BCUT2D eigenvalue weighted by atomic mass is 9.81. The third-order valence-electron chi connectivity index (χ3n) is 4.43. The number of pyridine rings is 1. The number of carbonyl (C=O) groups excluding carboxylic acids is 1. The fourth-order valence-electron chi connectivity index (χ4n) is 3.15. The van der Waals surface area contributed by atoms with Crippen LogP contribution in [-0.4, -0.2) is 29.6 Å². The number of halogens is 1. The van der Waals surface area contributed by atoms with Gasteiger partial charge in [-0.05, 0) is 41.6 Å². The molecule has 0 saturated heterocycles. The van der Waals surface area contributed by atoms with Gasteiger partial charge in [-0.3, -0.25) is 4.79 Å². The zero-order valence-electron chi connectivity index (χ0n) is 12.7. The van der Waals surface area contributed by atoms with Crippen LogP contribution >= 0.6 is 15.9 Å². The molecule has 1 aliphatic rings. The van der Waals surface area contributed by atoms with Crippen molar-refractivity contribution in [2.45, 2.75) is 31.6 Å². The van der Waals surface area contributed by atoms with Gasteiger partial charge in [-0.1, -0.05) is 0 Å². The summed E-state index contributed by atoms with van der Waals surface area (Å²) in [7, 11) is 3.11. The highest BCUT2D eigenvalue weighted by molar-refractivity contribution is 9.10. The predicted octanol–water partition coefficient (Wildman–Crippen LogP) is 3.55. The fourth-order valence-corrected chi connectivity index (χ4v) is 3.65. The van der Waals surface area contributed by atoms with Crippen molar-refractivity contribution in [3.8, 4) is 5.75 Å². The molecule has 1 saturated carbocycles. The Morgan fingerprint density at radius 1 is 1.27 bits per heavy atom. The summed E-state index contributed by atoms with van der Waals surface area (Å²) in [5.41, 5.74) is 1.97. The summed E-state index contributed by atoms with van der Waals surface area (Å²) in [6, 6.07) is 1.92. The normalized spacial score (nSPS) is 21.8. The number of hydrogen-bond acceptors (Lipinski definition) is 4. The summed E-state index contributed by atoms with van der Waals surface area (Å²) < 4.78 is 13.1. The molecule has 0 unspecified atom stereocenters. The molecule has 118 valence electrons. The van der Waals surface area contributed by atoms with Crippen LogP contribution in [0.15, 0.2) is 22.9 Å². The molecular formula is C16H19BrN2O3. The van der Waals surface area contributed by atoms with Crippen LogP contribution in [0.2, 0.25) is 0 Å². The van der Waals surface area contributed by atoms with Gasteiger partial charge < -0.3 is 13.9 Å². The highest BCUT2D eigenvalue weighted by atomic mass is 79.9. The Labute approximate surface area is 137 Å². The first kappa shape index (κ1) is 15.3. The lowest BCUT2D eigenvalue weighted by Gasteiger charge is -2.25. The standard InChI is InChI=1S/C16H19BrN2O3/c1-21-14-7-15-18-13(9-19(15)8-12(14)17)10-3-5-11(6-4-10)16(20)22-2/h7-11H,3-6H2,1-2H3. The smallest absolute Gasteiger partial charge is 0.308 e. The van der Waals surface area contributed by atoms with Crippen LogP contribution in [0.1, 0.15) is 37.3 Å². The number of methoxy groups -OCH3 is 2. The van der Waals surface area contributed by atoms with Gasteiger partial charge in [0, 0.05) is 24.4 Å². The quantitative estimate of drug-likeness (QED) is 0.779. The second-order valence-electron chi connectivity index (χ2n) is 5.69. The number of fused-ring (bicyclic) bond motifs is 1. The van der Waals surface area contributed by atoms with E-state index in [-0.39, 0.29) is 11.9 Å². The lowest BCUT2D eigenvalue weighted by molar-refractivity contribution is -0.146. The molecule has 0 radical (unpaired) electrons. The van der Waals surface area contributed by atoms with Gasteiger partial charge >= 0.3 is 5.97 Å². The summed E-state index contributed by atoms with van der Waals surface area (Å²) in [4.78, 5) is 16.3. The fraction of sp³-hybridized carbons (Fsp3) is 0.500. The molecule has 22 heavy (non-hydrogen) atoms. The largest absolute Gasteiger partial charge is 0.495 e. The van der Waals surface area contributed by atoms with E-state index in [1.54, 1.807) is 7.11 Å². The van der Waals surface area contributed by atoms with E-state index < -0.39 is 0 Å². The van der Waals surface area contributed by atoms with Crippen molar-refractivity contribution in [1.29, 1.82) is 0 Å². The van der Waals surface area contributed by atoms with Gasteiger partial charge in [0.2, 0.25) is 0 Å². The maximum absolute atomic E-state index is 11.6. The maximum Gasteiger partial charge on any atom is 0.308 e. The van der Waals surface area contributed by atoms with E-state index in [2.05, 4.69) is 22.1 Å². The van der Waals surface area contributed by atoms with Crippen molar-refractivity contribution in [2.24, 2.45) is 5.92 Å². The van der Waals surface area contributed by atoms with E-state index >= 15 is 0 Å². The van der Waals surface area contributed by atoms with Crippen LogP contribution in [-0.2, 0) is 9.53 Å². The molecule has 2 heterocycles. The van der Waals surface area contributed by atoms with Gasteiger partial charge in [0.15, 0.2) is 0 Å². The van der Waals surface area contributed by atoms with Crippen LogP contribution in [0, 0.1) is 5.92 Å². The molecule has 5 nitrogen and oxygen atoms in total. The average Bonchev–Trinajstić information content (AvgIpc) is 2.96. The average molecular weight is 367 g/mol. The molecule has 6 heteroatoms. The molecule has 1 aliphatic carbocycles. The van der Waals surface area contributed by atoms with E-state index in [1.165, 1.54) is 7.11 Å². The maximum atomic E-state index is 11.6. The molecule has 2 aromatic rings. The van der Waals surface area contributed by atoms with Crippen molar-refractivity contribution in [3.63, 3.8) is 0 Å². The first-order chi connectivity index (χ1) is 10.6. The Balaban J connectivity index is 1.79. The molecule has 0 spiro atoms. The van der Waals surface area contributed by atoms with Crippen molar-refractivity contribution in [3.05, 3.63) is 28.6 Å². The molecule has 1 fully saturated rings. The number of carbonyl (C=O) groups is 1. The van der Waals surface area contributed by atoms with E-state index in [1.807, 2.05) is 16.7 Å². The number of ether oxygens (including phenoxy) is 2.